The van der Waals surface area contributed by atoms with Crippen LogP contribution in [-0.2, 0) is 19.4 Å². The number of hydrogen-bond donors (Lipinski definition) is 1. The van der Waals surface area contributed by atoms with Gasteiger partial charge in [0.2, 0.25) is 0 Å². The van der Waals surface area contributed by atoms with Crippen molar-refractivity contribution in [3.05, 3.63) is 52.0 Å². The Kier molecular flexibility index (Phi) is 3.22. The van der Waals surface area contributed by atoms with Gasteiger partial charge < -0.3 is 10.3 Å². The van der Waals surface area contributed by atoms with E-state index in [9.17, 15) is 0 Å². The van der Waals surface area contributed by atoms with Gasteiger partial charge in [0.15, 0.2) is 0 Å². The molecule has 1 aromatic carbocycles. The maximum atomic E-state index is 5.97. The molecule has 0 radical (unpaired) electrons. The van der Waals surface area contributed by atoms with E-state index < -0.39 is 0 Å². The van der Waals surface area contributed by atoms with Crippen LogP contribution in [0.3, 0.4) is 0 Å². The van der Waals surface area contributed by atoms with Crippen molar-refractivity contribution in [2.75, 3.05) is 0 Å². The normalized spacial score (nSPS) is 18.7. The van der Waals surface area contributed by atoms with Crippen LogP contribution in [-0.4, -0.2) is 15.6 Å². The lowest BCUT2D eigenvalue weighted by molar-refractivity contribution is 0.463. The third kappa shape index (κ3) is 2.49. The predicted molar refractivity (Wildman–Crippen MR) is 75.5 cm³/mol. The molecule has 2 heterocycles. The zero-order chi connectivity index (χ0) is 12.5. The summed E-state index contributed by atoms with van der Waals surface area (Å²) in [6.45, 7) is 1.00. The summed E-state index contributed by atoms with van der Waals surface area (Å²) in [4.78, 5) is 4.69. The smallest absolute Gasteiger partial charge is 0.110 e. The standard InChI is InChI=1S/C14H16BrN3/c15-11-3-1-2-10(6-11)7-13-9-18-5-4-12(16)8-14(18)17-13/h1-3,6,9,12H,4-5,7-8,16H2. The number of fused-ring (bicyclic) bond motifs is 1. The van der Waals surface area contributed by atoms with Crippen molar-refractivity contribution < 1.29 is 0 Å². The molecule has 2 N–H and O–H groups in total. The number of aromatic nitrogens is 2. The summed E-state index contributed by atoms with van der Waals surface area (Å²) < 4.78 is 3.36. The molecular formula is C14H16BrN3. The molecular weight excluding hydrogens is 290 g/mol. The van der Waals surface area contributed by atoms with Gasteiger partial charge in [0.25, 0.3) is 0 Å². The molecule has 1 unspecified atom stereocenters. The molecule has 0 saturated carbocycles. The molecule has 1 aliphatic heterocycles. The number of hydrogen-bond acceptors (Lipinski definition) is 2. The molecule has 2 aromatic rings. The first-order chi connectivity index (χ1) is 8.70. The molecule has 0 saturated heterocycles. The third-order valence-electron chi connectivity index (χ3n) is 3.37. The predicted octanol–water partition coefficient (Wildman–Crippen LogP) is 2.51. The molecule has 1 aliphatic rings. The van der Waals surface area contributed by atoms with E-state index in [1.807, 2.05) is 6.07 Å². The number of rotatable bonds is 2. The van der Waals surface area contributed by atoms with E-state index in [1.165, 1.54) is 5.56 Å². The first-order valence-corrected chi connectivity index (χ1v) is 7.05. The van der Waals surface area contributed by atoms with Crippen LogP contribution < -0.4 is 5.73 Å². The number of nitrogens with zero attached hydrogens (tertiary/aromatic N) is 2. The Bertz CT molecular complexity index is 562. The van der Waals surface area contributed by atoms with Gasteiger partial charge in [-0.1, -0.05) is 28.1 Å². The molecule has 3 nitrogen and oxygen atoms in total. The lowest BCUT2D eigenvalue weighted by Gasteiger charge is -2.18. The molecule has 0 aliphatic carbocycles. The van der Waals surface area contributed by atoms with Crippen molar-refractivity contribution >= 4 is 15.9 Å². The minimum atomic E-state index is 0.276. The van der Waals surface area contributed by atoms with E-state index in [1.54, 1.807) is 0 Å². The second kappa shape index (κ2) is 4.86. The second-order valence-electron chi connectivity index (χ2n) is 4.90. The molecule has 1 aromatic heterocycles. The van der Waals surface area contributed by atoms with Crippen LogP contribution in [0, 0.1) is 0 Å². The lowest BCUT2D eigenvalue weighted by Crippen LogP contribution is -2.30. The quantitative estimate of drug-likeness (QED) is 0.926. The highest BCUT2D eigenvalue weighted by Gasteiger charge is 2.17. The van der Waals surface area contributed by atoms with Gasteiger partial charge in [0.1, 0.15) is 5.82 Å². The fourth-order valence-electron chi connectivity index (χ4n) is 2.45. The summed E-state index contributed by atoms with van der Waals surface area (Å²) in [5.41, 5.74) is 8.39. The zero-order valence-electron chi connectivity index (χ0n) is 10.1. The first kappa shape index (κ1) is 11.9. The summed E-state index contributed by atoms with van der Waals surface area (Å²) in [6, 6.07) is 8.66. The Balaban J connectivity index is 1.82. The Hall–Kier alpha value is -1.13. The van der Waals surface area contributed by atoms with E-state index in [0.717, 1.165) is 41.8 Å². The Labute approximate surface area is 115 Å². The molecule has 1 atom stereocenters. The molecule has 0 amide bonds. The van der Waals surface area contributed by atoms with Crippen molar-refractivity contribution in [3.8, 4) is 0 Å². The zero-order valence-corrected chi connectivity index (χ0v) is 11.7. The molecule has 0 bridgehead atoms. The second-order valence-corrected chi connectivity index (χ2v) is 5.82. The highest BCUT2D eigenvalue weighted by atomic mass is 79.9. The molecule has 0 fully saturated rings. The lowest BCUT2D eigenvalue weighted by atomic mass is 10.1. The highest BCUT2D eigenvalue weighted by Crippen LogP contribution is 2.18. The van der Waals surface area contributed by atoms with Gasteiger partial charge >= 0.3 is 0 Å². The molecule has 0 spiro atoms. The molecule has 3 rings (SSSR count). The Morgan fingerprint density at radius 1 is 1.44 bits per heavy atom. The van der Waals surface area contributed by atoms with E-state index in [4.69, 9.17) is 10.7 Å². The van der Waals surface area contributed by atoms with Gasteiger partial charge in [-0.15, -0.1) is 0 Å². The average Bonchev–Trinajstić information content (AvgIpc) is 2.70. The number of benzene rings is 1. The minimum Gasteiger partial charge on any atom is -0.335 e. The summed E-state index contributed by atoms with van der Waals surface area (Å²) in [6.07, 6.45) is 5.01. The Morgan fingerprint density at radius 3 is 3.17 bits per heavy atom. The van der Waals surface area contributed by atoms with Gasteiger partial charge in [0, 0.05) is 36.1 Å². The molecule has 18 heavy (non-hydrogen) atoms. The number of imidazole rings is 1. The largest absolute Gasteiger partial charge is 0.335 e. The van der Waals surface area contributed by atoms with Gasteiger partial charge in [0.05, 0.1) is 5.69 Å². The summed E-state index contributed by atoms with van der Waals surface area (Å²) in [5, 5.41) is 0. The highest BCUT2D eigenvalue weighted by molar-refractivity contribution is 9.10. The molecule has 4 heteroatoms. The van der Waals surface area contributed by atoms with Crippen LogP contribution >= 0.6 is 15.9 Å². The minimum absolute atomic E-state index is 0.276. The van der Waals surface area contributed by atoms with E-state index in [2.05, 4.69) is 44.9 Å². The number of nitrogens with two attached hydrogens (primary N) is 1. The monoisotopic (exact) mass is 305 g/mol. The van der Waals surface area contributed by atoms with Gasteiger partial charge in [-0.05, 0) is 24.1 Å². The van der Waals surface area contributed by atoms with Crippen LogP contribution in [0.15, 0.2) is 34.9 Å². The third-order valence-corrected chi connectivity index (χ3v) is 3.86. The average molecular weight is 306 g/mol. The van der Waals surface area contributed by atoms with Gasteiger partial charge in [-0.2, -0.15) is 0 Å². The fraction of sp³-hybridized carbons (Fsp3) is 0.357. The first-order valence-electron chi connectivity index (χ1n) is 6.25. The molecule has 94 valence electrons. The van der Waals surface area contributed by atoms with Crippen LogP contribution in [0.25, 0.3) is 0 Å². The van der Waals surface area contributed by atoms with Gasteiger partial charge in [-0.25, -0.2) is 4.98 Å². The van der Waals surface area contributed by atoms with E-state index in [0.29, 0.717) is 0 Å². The SMILES string of the molecule is NC1CCn2cc(Cc3cccc(Br)c3)nc2C1. The van der Waals surface area contributed by atoms with Crippen molar-refractivity contribution in [3.63, 3.8) is 0 Å². The summed E-state index contributed by atoms with van der Waals surface area (Å²) in [7, 11) is 0. The van der Waals surface area contributed by atoms with E-state index in [-0.39, 0.29) is 6.04 Å². The number of halogens is 1. The summed E-state index contributed by atoms with van der Waals surface area (Å²) in [5.74, 6) is 1.14. The van der Waals surface area contributed by atoms with Crippen LogP contribution in [0.1, 0.15) is 23.5 Å². The maximum absolute atomic E-state index is 5.97. The van der Waals surface area contributed by atoms with Crippen molar-refractivity contribution in [1.29, 1.82) is 0 Å². The number of aryl methyl sites for hydroxylation is 1. The van der Waals surface area contributed by atoms with Crippen LogP contribution in [0.5, 0.6) is 0 Å². The van der Waals surface area contributed by atoms with Crippen molar-refractivity contribution in [2.24, 2.45) is 5.73 Å². The topological polar surface area (TPSA) is 43.8 Å². The fourth-order valence-corrected chi connectivity index (χ4v) is 2.90. The van der Waals surface area contributed by atoms with Crippen LogP contribution in [0.2, 0.25) is 0 Å². The van der Waals surface area contributed by atoms with E-state index >= 15 is 0 Å². The maximum Gasteiger partial charge on any atom is 0.110 e. The van der Waals surface area contributed by atoms with Crippen molar-refractivity contribution in [1.82, 2.24) is 9.55 Å². The van der Waals surface area contributed by atoms with Crippen LogP contribution in [0.4, 0.5) is 0 Å². The Morgan fingerprint density at radius 2 is 2.33 bits per heavy atom. The van der Waals surface area contributed by atoms with Gasteiger partial charge in [-0.3, -0.25) is 0 Å². The van der Waals surface area contributed by atoms with Crippen molar-refractivity contribution in [2.45, 2.75) is 31.8 Å². The summed E-state index contributed by atoms with van der Waals surface area (Å²) >= 11 is 3.50.